The van der Waals surface area contributed by atoms with E-state index < -0.39 is 0 Å². The van der Waals surface area contributed by atoms with E-state index in [0.29, 0.717) is 29.5 Å². The maximum atomic E-state index is 12.6. The zero-order valence-electron chi connectivity index (χ0n) is 12.7. The lowest BCUT2D eigenvalue weighted by atomic mass is 9.94. The van der Waals surface area contributed by atoms with Gasteiger partial charge in [0.15, 0.2) is 11.5 Å². The van der Waals surface area contributed by atoms with E-state index in [1.54, 1.807) is 32.4 Å². The number of hydrogen-bond donors (Lipinski definition) is 1. The summed E-state index contributed by atoms with van der Waals surface area (Å²) in [6.07, 6.45) is 2.83. The van der Waals surface area contributed by atoms with Crippen molar-refractivity contribution in [2.24, 2.45) is 5.92 Å². The fourth-order valence-electron chi connectivity index (χ4n) is 2.82. The first-order chi connectivity index (χ1) is 10.2. The highest BCUT2D eigenvalue weighted by molar-refractivity contribution is 5.95. The zero-order valence-corrected chi connectivity index (χ0v) is 12.7. The quantitative estimate of drug-likeness (QED) is 0.901. The van der Waals surface area contributed by atoms with Gasteiger partial charge < -0.3 is 19.5 Å². The molecular weight excluding hydrogens is 270 g/mol. The topological polar surface area (TPSA) is 59.0 Å². The lowest BCUT2D eigenvalue weighted by Crippen LogP contribution is -2.40. The summed E-state index contributed by atoms with van der Waals surface area (Å²) >= 11 is 0. The molecule has 5 nitrogen and oxygen atoms in total. The number of hydrogen-bond acceptors (Lipinski definition) is 4. The minimum Gasteiger partial charge on any atom is -0.493 e. The molecule has 1 aliphatic rings. The van der Waals surface area contributed by atoms with Gasteiger partial charge >= 0.3 is 0 Å². The summed E-state index contributed by atoms with van der Waals surface area (Å²) in [5.74, 6) is 1.59. The number of carbonyl (C=O) groups is 1. The Hall–Kier alpha value is -1.75. The molecule has 21 heavy (non-hydrogen) atoms. The molecule has 1 aromatic rings. The van der Waals surface area contributed by atoms with Gasteiger partial charge in [-0.05, 0) is 43.4 Å². The van der Waals surface area contributed by atoms with Crippen molar-refractivity contribution < 1.29 is 19.4 Å². The van der Waals surface area contributed by atoms with Gasteiger partial charge in [0.25, 0.3) is 5.91 Å². The molecule has 1 aromatic carbocycles. The Morgan fingerprint density at radius 1 is 1.33 bits per heavy atom. The molecule has 116 valence electrons. The number of aliphatic hydroxyl groups is 1. The van der Waals surface area contributed by atoms with E-state index in [4.69, 9.17) is 14.6 Å². The summed E-state index contributed by atoms with van der Waals surface area (Å²) in [6.45, 7) is 1.67. The Labute approximate surface area is 125 Å². The van der Waals surface area contributed by atoms with Crippen LogP contribution in [-0.4, -0.2) is 49.8 Å². The Bertz CT molecular complexity index is 487. The molecule has 0 saturated carbocycles. The van der Waals surface area contributed by atoms with Crippen LogP contribution in [0.1, 0.15) is 29.6 Å². The molecular formula is C16H23NO4. The second kappa shape index (κ2) is 7.31. The van der Waals surface area contributed by atoms with Crippen molar-refractivity contribution in [3.63, 3.8) is 0 Å². The number of likely N-dealkylation sites (tertiary alicyclic amines) is 1. The highest BCUT2D eigenvalue weighted by Crippen LogP contribution is 2.29. The largest absolute Gasteiger partial charge is 0.493 e. The molecule has 1 saturated heterocycles. The smallest absolute Gasteiger partial charge is 0.254 e. The van der Waals surface area contributed by atoms with E-state index >= 15 is 0 Å². The molecule has 0 spiro atoms. The van der Waals surface area contributed by atoms with Gasteiger partial charge in [-0.2, -0.15) is 0 Å². The van der Waals surface area contributed by atoms with Crippen molar-refractivity contribution in [1.82, 2.24) is 4.90 Å². The van der Waals surface area contributed by atoms with Crippen LogP contribution in [-0.2, 0) is 0 Å². The molecule has 1 heterocycles. The first kappa shape index (κ1) is 15.6. The van der Waals surface area contributed by atoms with Gasteiger partial charge in [-0.15, -0.1) is 0 Å². The van der Waals surface area contributed by atoms with Crippen molar-refractivity contribution in [3.8, 4) is 11.5 Å². The maximum absolute atomic E-state index is 12.6. The van der Waals surface area contributed by atoms with Gasteiger partial charge in [0.2, 0.25) is 0 Å². The van der Waals surface area contributed by atoms with Gasteiger partial charge in [0.05, 0.1) is 14.2 Å². The SMILES string of the molecule is COc1ccc(C(=O)N2CCCC(CCO)C2)cc1OC. The molecule has 0 bridgehead atoms. The number of nitrogens with zero attached hydrogens (tertiary/aromatic N) is 1. The first-order valence-electron chi connectivity index (χ1n) is 7.31. The molecule has 1 atom stereocenters. The highest BCUT2D eigenvalue weighted by atomic mass is 16.5. The second-order valence-corrected chi connectivity index (χ2v) is 5.34. The molecule has 1 N–H and O–H groups in total. The Morgan fingerprint density at radius 3 is 2.76 bits per heavy atom. The number of rotatable bonds is 5. The summed E-state index contributed by atoms with van der Waals surface area (Å²) < 4.78 is 10.4. The average molecular weight is 293 g/mol. The Balaban J connectivity index is 2.12. The predicted octanol–water partition coefficient (Wildman–Crippen LogP) is 1.94. The molecule has 1 aliphatic heterocycles. The van der Waals surface area contributed by atoms with Crippen molar-refractivity contribution in [2.45, 2.75) is 19.3 Å². The Kier molecular flexibility index (Phi) is 5.44. The highest BCUT2D eigenvalue weighted by Gasteiger charge is 2.24. The van der Waals surface area contributed by atoms with Gasteiger partial charge in [-0.25, -0.2) is 0 Å². The summed E-state index contributed by atoms with van der Waals surface area (Å²) in [5.41, 5.74) is 0.609. The molecule has 1 amide bonds. The molecule has 2 rings (SSSR count). The minimum atomic E-state index is 0.0126. The second-order valence-electron chi connectivity index (χ2n) is 5.34. The minimum absolute atomic E-state index is 0.0126. The van der Waals surface area contributed by atoms with Crippen molar-refractivity contribution in [2.75, 3.05) is 33.9 Å². The number of aliphatic hydroxyl groups excluding tert-OH is 1. The van der Waals surface area contributed by atoms with Gasteiger partial charge in [-0.3, -0.25) is 4.79 Å². The van der Waals surface area contributed by atoms with E-state index in [0.717, 1.165) is 25.8 Å². The van der Waals surface area contributed by atoms with E-state index in [1.807, 2.05) is 4.90 Å². The van der Waals surface area contributed by atoms with E-state index in [9.17, 15) is 4.79 Å². The van der Waals surface area contributed by atoms with Crippen LogP contribution in [0.5, 0.6) is 11.5 Å². The van der Waals surface area contributed by atoms with Crippen LogP contribution in [0.3, 0.4) is 0 Å². The van der Waals surface area contributed by atoms with Crippen LogP contribution in [0.2, 0.25) is 0 Å². The first-order valence-corrected chi connectivity index (χ1v) is 7.31. The molecule has 1 fully saturated rings. The number of benzene rings is 1. The molecule has 1 unspecified atom stereocenters. The van der Waals surface area contributed by atoms with Crippen LogP contribution in [0.25, 0.3) is 0 Å². The average Bonchev–Trinajstić information content (AvgIpc) is 2.54. The Morgan fingerprint density at radius 2 is 2.10 bits per heavy atom. The van der Waals surface area contributed by atoms with Crippen LogP contribution >= 0.6 is 0 Å². The third-order valence-corrected chi connectivity index (χ3v) is 3.97. The van der Waals surface area contributed by atoms with Crippen LogP contribution in [0.15, 0.2) is 18.2 Å². The fraction of sp³-hybridized carbons (Fsp3) is 0.562. The zero-order chi connectivity index (χ0) is 15.2. The summed E-state index contributed by atoms with van der Waals surface area (Å²) in [6, 6.07) is 5.23. The normalized spacial score (nSPS) is 18.4. The third kappa shape index (κ3) is 3.67. The number of ether oxygens (including phenoxy) is 2. The standard InChI is InChI=1S/C16H23NO4/c1-20-14-6-5-13(10-15(14)21-2)16(19)17-8-3-4-12(11-17)7-9-18/h5-6,10,12,18H,3-4,7-9,11H2,1-2H3. The lowest BCUT2D eigenvalue weighted by molar-refractivity contribution is 0.0653. The van der Waals surface area contributed by atoms with Gasteiger partial charge in [0, 0.05) is 25.3 Å². The molecule has 0 aliphatic carbocycles. The van der Waals surface area contributed by atoms with Crippen molar-refractivity contribution >= 4 is 5.91 Å². The molecule has 0 radical (unpaired) electrons. The van der Waals surface area contributed by atoms with Gasteiger partial charge in [-0.1, -0.05) is 0 Å². The maximum Gasteiger partial charge on any atom is 0.254 e. The van der Waals surface area contributed by atoms with E-state index in [1.165, 1.54) is 0 Å². The summed E-state index contributed by atoms with van der Waals surface area (Å²) in [4.78, 5) is 14.5. The van der Waals surface area contributed by atoms with Crippen LogP contribution in [0, 0.1) is 5.92 Å². The van der Waals surface area contributed by atoms with E-state index in [2.05, 4.69) is 0 Å². The monoisotopic (exact) mass is 293 g/mol. The third-order valence-electron chi connectivity index (χ3n) is 3.97. The number of piperidine rings is 1. The van der Waals surface area contributed by atoms with Crippen molar-refractivity contribution in [3.05, 3.63) is 23.8 Å². The fourth-order valence-corrected chi connectivity index (χ4v) is 2.82. The van der Waals surface area contributed by atoms with Crippen LogP contribution < -0.4 is 9.47 Å². The van der Waals surface area contributed by atoms with Crippen LogP contribution in [0.4, 0.5) is 0 Å². The summed E-state index contributed by atoms with van der Waals surface area (Å²) in [5, 5.41) is 9.05. The van der Waals surface area contributed by atoms with E-state index in [-0.39, 0.29) is 12.5 Å². The number of carbonyl (C=O) groups excluding carboxylic acids is 1. The van der Waals surface area contributed by atoms with Crippen molar-refractivity contribution in [1.29, 1.82) is 0 Å². The molecule has 0 aromatic heterocycles. The van der Waals surface area contributed by atoms with Gasteiger partial charge in [0.1, 0.15) is 0 Å². The number of methoxy groups -OCH3 is 2. The molecule has 5 heteroatoms. The summed E-state index contributed by atoms with van der Waals surface area (Å²) in [7, 11) is 3.13. The predicted molar refractivity (Wildman–Crippen MR) is 79.9 cm³/mol. The number of amides is 1. The lowest BCUT2D eigenvalue weighted by Gasteiger charge is -2.32.